The van der Waals surface area contributed by atoms with E-state index in [2.05, 4.69) is 4.74 Å². The maximum Gasteiger partial charge on any atom is 0.309 e. The zero-order chi connectivity index (χ0) is 9.84. The Hall–Kier alpha value is -1.12. The van der Waals surface area contributed by atoms with Gasteiger partial charge in [0.05, 0.1) is 13.0 Å². The summed E-state index contributed by atoms with van der Waals surface area (Å²) in [7, 11) is 1.38. The molecule has 0 aromatic heterocycles. The maximum atomic E-state index is 11.2. The summed E-state index contributed by atoms with van der Waals surface area (Å²) in [4.78, 5) is 22.2. The first-order valence-electron chi connectivity index (χ1n) is 4.40. The minimum Gasteiger partial charge on any atom is -0.469 e. The molecule has 2 unspecified atom stereocenters. The molecule has 0 aromatic rings. The number of carbonyl (C=O) groups is 2. The Kier molecular flexibility index (Phi) is 3.23. The third kappa shape index (κ3) is 2.41. The number of methoxy groups -OCH3 is 1. The normalized spacial score (nSPS) is 26.9. The molecule has 0 saturated carbocycles. The van der Waals surface area contributed by atoms with Crippen molar-refractivity contribution in [3.63, 3.8) is 0 Å². The molecule has 0 spiro atoms. The molecule has 0 N–H and O–H groups in total. The molecule has 0 bridgehead atoms. The van der Waals surface area contributed by atoms with Crippen LogP contribution >= 0.6 is 0 Å². The molecule has 0 aliphatic heterocycles. The van der Waals surface area contributed by atoms with Gasteiger partial charge in [-0.25, -0.2) is 0 Å². The molecule has 1 aliphatic carbocycles. The lowest BCUT2D eigenvalue weighted by molar-refractivity contribution is -0.146. The van der Waals surface area contributed by atoms with E-state index in [-0.39, 0.29) is 23.6 Å². The van der Waals surface area contributed by atoms with Gasteiger partial charge in [-0.3, -0.25) is 9.59 Å². The summed E-state index contributed by atoms with van der Waals surface area (Å²) < 4.78 is 4.63. The van der Waals surface area contributed by atoms with Crippen molar-refractivity contribution in [2.75, 3.05) is 7.11 Å². The average Bonchev–Trinajstić information content (AvgIpc) is 2.17. The molecule has 0 saturated heterocycles. The van der Waals surface area contributed by atoms with Crippen molar-refractivity contribution in [3.8, 4) is 0 Å². The van der Waals surface area contributed by atoms with Gasteiger partial charge in [0, 0.05) is 5.92 Å². The van der Waals surface area contributed by atoms with Crippen molar-refractivity contribution >= 4 is 11.8 Å². The summed E-state index contributed by atoms with van der Waals surface area (Å²) in [6.07, 6.45) is 5.05. The number of carbonyl (C=O) groups excluding carboxylic acids is 2. The summed E-state index contributed by atoms with van der Waals surface area (Å²) in [5.74, 6) is -0.331. The van der Waals surface area contributed by atoms with Gasteiger partial charge in [-0.2, -0.15) is 0 Å². The predicted octanol–water partition coefficient (Wildman–Crippen LogP) is 1.33. The van der Waals surface area contributed by atoms with Crippen molar-refractivity contribution in [3.05, 3.63) is 12.2 Å². The van der Waals surface area contributed by atoms with Gasteiger partial charge >= 0.3 is 5.97 Å². The molecule has 0 aromatic carbocycles. The zero-order valence-corrected chi connectivity index (χ0v) is 7.95. The second-order valence-electron chi connectivity index (χ2n) is 3.34. The van der Waals surface area contributed by atoms with Crippen LogP contribution in [0, 0.1) is 11.8 Å². The number of hydrogen-bond donors (Lipinski definition) is 0. The lowest BCUT2D eigenvalue weighted by atomic mass is 9.85. The molecule has 13 heavy (non-hydrogen) atoms. The highest BCUT2D eigenvalue weighted by molar-refractivity contribution is 5.82. The first kappa shape index (κ1) is 9.96. The van der Waals surface area contributed by atoms with Gasteiger partial charge in [-0.15, -0.1) is 0 Å². The van der Waals surface area contributed by atoms with Crippen LogP contribution in [0.2, 0.25) is 0 Å². The highest BCUT2D eigenvalue weighted by Gasteiger charge is 2.26. The quantitative estimate of drug-likeness (QED) is 0.478. The van der Waals surface area contributed by atoms with Crippen molar-refractivity contribution in [1.82, 2.24) is 0 Å². The third-order valence-electron chi connectivity index (χ3n) is 2.38. The van der Waals surface area contributed by atoms with Crippen LogP contribution in [-0.4, -0.2) is 18.9 Å². The minimum absolute atomic E-state index is 0.0992. The highest BCUT2D eigenvalue weighted by Crippen LogP contribution is 2.24. The van der Waals surface area contributed by atoms with Crippen LogP contribution in [0.1, 0.15) is 19.8 Å². The monoisotopic (exact) mass is 182 g/mol. The van der Waals surface area contributed by atoms with Crippen LogP contribution in [0.5, 0.6) is 0 Å². The Labute approximate surface area is 77.8 Å². The average molecular weight is 182 g/mol. The molecule has 3 nitrogen and oxygen atoms in total. The van der Waals surface area contributed by atoms with E-state index in [1.807, 2.05) is 12.2 Å². The number of allylic oxidation sites excluding steroid dienone is 2. The summed E-state index contributed by atoms with van der Waals surface area (Å²) in [6, 6.07) is 0. The lowest BCUT2D eigenvalue weighted by Crippen LogP contribution is -2.24. The zero-order valence-electron chi connectivity index (χ0n) is 7.95. The lowest BCUT2D eigenvalue weighted by Gasteiger charge is -2.20. The van der Waals surface area contributed by atoms with E-state index in [0.29, 0.717) is 12.8 Å². The van der Waals surface area contributed by atoms with Gasteiger partial charge in [0.1, 0.15) is 5.78 Å². The number of Topliss-reactive ketones (excluding diaryl/α,β-unsaturated/α-hetero) is 1. The molecule has 3 heteroatoms. The molecule has 1 rings (SSSR count). The molecule has 0 heterocycles. The molecular weight excluding hydrogens is 168 g/mol. The van der Waals surface area contributed by atoms with E-state index < -0.39 is 0 Å². The van der Waals surface area contributed by atoms with Gasteiger partial charge in [0.25, 0.3) is 0 Å². The predicted molar refractivity (Wildman–Crippen MR) is 48.1 cm³/mol. The molecule has 2 atom stereocenters. The van der Waals surface area contributed by atoms with Gasteiger partial charge in [-0.1, -0.05) is 12.2 Å². The van der Waals surface area contributed by atoms with Crippen molar-refractivity contribution < 1.29 is 14.3 Å². The van der Waals surface area contributed by atoms with Gasteiger partial charge in [0.2, 0.25) is 0 Å². The summed E-state index contributed by atoms with van der Waals surface area (Å²) in [5.41, 5.74) is 0. The van der Waals surface area contributed by atoms with Crippen LogP contribution in [0.25, 0.3) is 0 Å². The SMILES string of the molecule is COC(=O)C1CC=CC(C(C)=O)C1. The van der Waals surface area contributed by atoms with Gasteiger partial charge < -0.3 is 4.74 Å². The fourth-order valence-corrected chi connectivity index (χ4v) is 1.55. The number of rotatable bonds is 2. The summed E-state index contributed by atoms with van der Waals surface area (Å²) >= 11 is 0. The molecule has 0 amide bonds. The Balaban J connectivity index is 2.60. The summed E-state index contributed by atoms with van der Waals surface area (Å²) in [6.45, 7) is 1.55. The van der Waals surface area contributed by atoms with E-state index in [1.54, 1.807) is 6.92 Å². The van der Waals surface area contributed by atoms with Crippen LogP contribution in [0.15, 0.2) is 12.2 Å². The number of ether oxygens (including phenoxy) is 1. The molecule has 0 radical (unpaired) electrons. The number of ketones is 1. The summed E-state index contributed by atoms with van der Waals surface area (Å²) in [5, 5.41) is 0. The Bertz CT molecular complexity index is 243. The van der Waals surface area contributed by atoms with Crippen molar-refractivity contribution in [2.45, 2.75) is 19.8 Å². The highest BCUT2D eigenvalue weighted by atomic mass is 16.5. The Morgan fingerprint density at radius 2 is 2.15 bits per heavy atom. The van der Waals surface area contributed by atoms with Crippen LogP contribution in [0.4, 0.5) is 0 Å². The maximum absolute atomic E-state index is 11.2. The van der Waals surface area contributed by atoms with E-state index in [1.165, 1.54) is 7.11 Å². The topological polar surface area (TPSA) is 43.4 Å². The van der Waals surface area contributed by atoms with Crippen molar-refractivity contribution in [2.24, 2.45) is 11.8 Å². The number of esters is 1. The largest absolute Gasteiger partial charge is 0.469 e. The Morgan fingerprint density at radius 1 is 1.46 bits per heavy atom. The van der Waals surface area contributed by atoms with E-state index in [0.717, 1.165) is 0 Å². The molecule has 0 fully saturated rings. The first-order valence-corrected chi connectivity index (χ1v) is 4.40. The van der Waals surface area contributed by atoms with E-state index >= 15 is 0 Å². The smallest absolute Gasteiger partial charge is 0.309 e. The minimum atomic E-state index is -0.212. The fraction of sp³-hybridized carbons (Fsp3) is 0.600. The first-order chi connectivity index (χ1) is 6.15. The fourth-order valence-electron chi connectivity index (χ4n) is 1.55. The van der Waals surface area contributed by atoms with Gasteiger partial charge in [-0.05, 0) is 19.8 Å². The molecule has 1 aliphatic rings. The van der Waals surface area contributed by atoms with E-state index in [9.17, 15) is 9.59 Å². The van der Waals surface area contributed by atoms with Crippen molar-refractivity contribution in [1.29, 1.82) is 0 Å². The van der Waals surface area contributed by atoms with Crippen LogP contribution < -0.4 is 0 Å². The standard InChI is InChI=1S/C10H14O3/c1-7(11)8-4-3-5-9(6-8)10(12)13-2/h3-4,8-9H,5-6H2,1-2H3. The second kappa shape index (κ2) is 4.21. The van der Waals surface area contributed by atoms with Crippen LogP contribution in [0.3, 0.4) is 0 Å². The Morgan fingerprint density at radius 3 is 2.69 bits per heavy atom. The molecular formula is C10H14O3. The van der Waals surface area contributed by atoms with Crippen LogP contribution in [-0.2, 0) is 14.3 Å². The third-order valence-corrected chi connectivity index (χ3v) is 2.38. The number of hydrogen-bond acceptors (Lipinski definition) is 3. The second-order valence-corrected chi connectivity index (χ2v) is 3.34. The van der Waals surface area contributed by atoms with E-state index in [4.69, 9.17) is 0 Å². The van der Waals surface area contributed by atoms with Gasteiger partial charge in [0.15, 0.2) is 0 Å². The molecule has 72 valence electrons.